The zero-order valence-electron chi connectivity index (χ0n) is 13.5. The predicted octanol–water partition coefficient (Wildman–Crippen LogP) is 3.19. The molecule has 0 fully saturated rings. The van der Waals surface area contributed by atoms with Crippen LogP contribution in [-0.2, 0) is 23.0 Å². The molecule has 2 heterocycles. The molecule has 7 heteroatoms. The Labute approximate surface area is 143 Å². The standard InChI is InChI=1S/C17H18N4O2S/c1-3-23-16(22)8-13-11-24-17(19-13)20-18-9-12-10-21(2)15-7-5-4-6-14(12)15/h4-7,9-11H,3,8H2,1-2H3,(H,19,20)/b18-9-. The third kappa shape index (κ3) is 3.62. The highest BCUT2D eigenvalue weighted by Crippen LogP contribution is 2.19. The fraction of sp³-hybridized carbons (Fsp3) is 0.235. The van der Waals surface area contributed by atoms with Crippen molar-refractivity contribution < 1.29 is 9.53 Å². The maximum absolute atomic E-state index is 11.4. The Balaban J connectivity index is 1.66. The lowest BCUT2D eigenvalue weighted by Gasteiger charge is -1.98. The molecule has 0 aliphatic rings. The van der Waals surface area contributed by atoms with Crippen LogP contribution < -0.4 is 5.43 Å². The lowest BCUT2D eigenvalue weighted by molar-refractivity contribution is -0.142. The highest BCUT2D eigenvalue weighted by atomic mass is 32.1. The Morgan fingerprint density at radius 3 is 3.12 bits per heavy atom. The minimum atomic E-state index is -0.270. The van der Waals surface area contributed by atoms with Crippen molar-refractivity contribution in [2.24, 2.45) is 12.1 Å². The summed E-state index contributed by atoms with van der Waals surface area (Å²) in [7, 11) is 2.01. The summed E-state index contributed by atoms with van der Waals surface area (Å²) >= 11 is 1.40. The number of esters is 1. The lowest BCUT2D eigenvalue weighted by atomic mass is 10.2. The van der Waals surface area contributed by atoms with E-state index in [2.05, 4.69) is 32.2 Å². The number of benzene rings is 1. The number of hydrogen-bond acceptors (Lipinski definition) is 6. The van der Waals surface area contributed by atoms with Crippen LogP contribution in [0, 0.1) is 0 Å². The van der Waals surface area contributed by atoms with Gasteiger partial charge in [-0.2, -0.15) is 5.10 Å². The van der Waals surface area contributed by atoms with Gasteiger partial charge in [-0.3, -0.25) is 10.2 Å². The molecule has 3 rings (SSSR count). The van der Waals surface area contributed by atoms with Crippen LogP contribution in [0.4, 0.5) is 5.13 Å². The highest BCUT2D eigenvalue weighted by Gasteiger charge is 2.08. The second kappa shape index (κ2) is 7.27. The van der Waals surface area contributed by atoms with Gasteiger partial charge in [-0.1, -0.05) is 18.2 Å². The SMILES string of the molecule is CCOC(=O)Cc1csc(N/N=C\c2cn(C)c3ccccc23)n1. The molecule has 2 aromatic heterocycles. The number of anilines is 1. The molecule has 0 unspecified atom stereocenters. The average molecular weight is 342 g/mol. The van der Waals surface area contributed by atoms with Gasteiger partial charge < -0.3 is 9.30 Å². The van der Waals surface area contributed by atoms with Gasteiger partial charge in [0.15, 0.2) is 0 Å². The van der Waals surface area contributed by atoms with Crippen LogP contribution in [0.3, 0.4) is 0 Å². The van der Waals surface area contributed by atoms with Crippen molar-refractivity contribution in [1.29, 1.82) is 0 Å². The van der Waals surface area contributed by atoms with Crippen LogP contribution in [0.15, 0.2) is 40.9 Å². The number of hydrazone groups is 1. The molecular formula is C17H18N4O2S. The molecule has 0 atom stereocenters. The van der Waals surface area contributed by atoms with Crippen molar-refractivity contribution in [2.45, 2.75) is 13.3 Å². The molecule has 0 aliphatic heterocycles. The van der Waals surface area contributed by atoms with E-state index >= 15 is 0 Å². The summed E-state index contributed by atoms with van der Waals surface area (Å²) in [6.45, 7) is 2.16. The molecule has 1 N–H and O–H groups in total. The van der Waals surface area contributed by atoms with Crippen molar-refractivity contribution in [3.8, 4) is 0 Å². The summed E-state index contributed by atoms with van der Waals surface area (Å²) < 4.78 is 6.98. The molecule has 3 aromatic rings. The average Bonchev–Trinajstić information content (AvgIpc) is 3.13. The Hall–Kier alpha value is -2.67. The molecule has 0 radical (unpaired) electrons. The van der Waals surface area contributed by atoms with Crippen LogP contribution in [0.1, 0.15) is 18.2 Å². The molecule has 0 bridgehead atoms. The molecule has 0 amide bonds. The van der Waals surface area contributed by atoms with Gasteiger partial charge in [0.25, 0.3) is 0 Å². The Morgan fingerprint density at radius 1 is 1.46 bits per heavy atom. The maximum atomic E-state index is 11.4. The van der Waals surface area contributed by atoms with Gasteiger partial charge >= 0.3 is 5.97 Å². The van der Waals surface area contributed by atoms with Crippen LogP contribution in [0.5, 0.6) is 0 Å². The van der Waals surface area contributed by atoms with E-state index in [1.807, 2.05) is 30.8 Å². The van der Waals surface area contributed by atoms with Gasteiger partial charge in [0, 0.05) is 35.1 Å². The summed E-state index contributed by atoms with van der Waals surface area (Å²) in [5.41, 5.74) is 5.78. The maximum Gasteiger partial charge on any atom is 0.311 e. The molecule has 0 spiro atoms. The Kier molecular flexibility index (Phi) is 4.90. The first-order valence-corrected chi connectivity index (χ1v) is 8.48. The first-order chi connectivity index (χ1) is 11.7. The van der Waals surface area contributed by atoms with E-state index < -0.39 is 0 Å². The van der Waals surface area contributed by atoms with Crippen LogP contribution in [0.25, 0.3) is 10.9 Å². The molecule has 6 nitrogen and oxygen atoms in total. The Bertz CT molecular complexity index is 882. The number of rotatable bonds is 6. The third-order valence-electron chi connectivity index (χ3n) is 3.47. The fourth-order valence-electron chi connectivity index (χ4n) is 2.43. The Morgan fingerprint density at radius 2 is 2.29 bits per heavy atom. The lowest BCUT2D eigenvalue weighted by Crippen LogP contribution is -2.07. The third-order valence-corrected chi connectivity index (χ3v) is 4.27. The van der Waals surface area contributed by atoms with Gasteiger partial charge in [0.1, 0.15) is 0 Å². The molecule has 1 aromatic carbocycles. The van der Waals surface area contributed by atoms with E-state index in [-0.39, 0.29) is 12.4 Å². The minimum absolute atomic E-state index is 0.180. The molecule has 0 saturated heterocycles. The van der Waals surface area contributed by atoms with Crippen molar-refractivity contribution >= 4 is 39.6 Å². The molecule has 24 heavy (non-hydrogen) atoms. The summed E-state index contributed by atoms with van der Waals surface area (Å²) in [5, 5.41) is 7.86. The van der Waals surface area contributed by atoms with Crippen LogP contribution in [-0.4, -0.2) is 28.3 Å². The number of ether oxygens (including phenoxy) is 1. The largest absolute Gasteiger partial charge is 0.466 e. The minimum Gasteiger partial charge on any atom is -0.466 e. The van der Waals surface area contributed by atoms with E-state index in [1.165, 1.54) is 11.3 Å². The number of nitrogens with one attached hydrogen (secondary N) is 1. The fourth-order valence-corrected chi connectivity index (χ4v) is 3.09. The number of hydrogen-bond donors (Lipinski definition) is 1. The van der Waals surface area contributed by atoms with E-state index in [4.69, 9.17) is 4.74 Å². The van der Waals surface area contributed by atoms with E-state index in [0.29, 0.717) is 17.4 Å². The monoisotopic (exact) mass is 342 g/mol. The number of carbonyl (C=O) groups is 1. The van der Waals surface area contributed by atoms with Crippen molar-refractivity contribution in [1.82, 2.24) is 9.55 Å². The molecule has 124 valence electrons. The smallest absolute Gasteiger partial charge is 0.311 e. The number of aryl methyl sites for hydroxylation is 1. The first kappa shape index (κ1) is 16.2. The number of thiazole rings is 1. The number of aromatic nitrogens is 2. The topological polar surface area (TPSA) is 68.5 Å². The van der Waals surface area contributed by atoms with Gasteiger partial charge in [-0.05, 0) is 13.0 Å². The quantitative estimate of drug-likeness (QED) is 0.424. The highest BCUT2D eigenvalue weighted by molar-refractivity contribution is 7.13. The van der Waals surface area contributed by atoms with Crippen molar-refractivity contribution in [2.75, 3.05) is 12.0 Å². The zero-order valence-corrected chi connectivity index (χ0v) is 14.3. The summed E-state index contributed by atoms with van der Waals surface area (Å²) in [6, 6.07) is 8.16. The van der Waals surface area contributed by atoms with Crippen LogP contribution >= 0.6 is 11.3 Å². The van der Waals surface area contributed by atoms with Gasteiger partial charge in [0.05, 0.1) is 24.9 Å². The molecular weight excluding hydrogens is 324 g/mol. The first-order valence-electron chi connectivity index (χ1n) is 7.60. The van der Waals surface area contributed by atoms with E-state index in [1.54, 1.807) is 13.1 Å². The van der Waals surface area contributed by atoms with Gasteiger partial charge in [0.2, 0.25) is 5.13 Å². The summed E-state index contributed by atoms with van der Waals surface area (Å²) in [5.74, 6) is -0.270. The van der Waals surface area contributed by atoms with E-state index in [9.17, 15) is 4.79 Å². The second-order valence-electron chi connectivity index (χ2n) is 5.21. The number of nitrogens with zero attached hydrogens (tertiary/aromatic N) is 3. The van der Waals surface area contributed by atoms with Gasteiger partial charge in [-0.15, -0.1) is 11.3 Å². The normalized spacial score (nSPS) is 11.2. The number of fused-ring (bicyclic) bond motifs is 1. The molecule has 0 saturated carbocycles. The second-order valence-corrected chi connectivity index (χ2v) is 6.07. The predicted molar refractivity (Wildman–Crippen MR) is 96.6 cm³/mol. The van der Waals surface area contributed by atoms with Gasteiger partial charge in [-0.25, -0.2) is 4.98 Å². The molecule has 0 aliphatic carbocycles. The van der Waals surface area contributed by atoms with Crippen molar-refractivity contribution in [3.05, 3.63) is 47.1 Å². The zero-order chi connectivity index (χ0) is 16.9. The summed E-state index contributed by atoms with van der Waals surface area (Å²) in [4.78, 5) is 15.8. The number of para-hydroxylation sites is 1. The summed E-state index contributed by atoms with van der Waals surface area (Å²) in [6.07, 6.45) is 3.98. The van der Waals surface area contributed by atoms with E-state index in [0.717, 1.165) is 16.5 Å². The van der Waals surface area contributed by atoms with Crippen LogP contribution in [0.2, 0.25) is 0 Å². The number of carbonyl (C=O) groups excluding carboxylic acids is 1. The van der Waals surface area contributed by atoms with Crippen molar-refractivity contribution in [3.63, 3.8) is 0 Å².